The second kappa shape index (κ2) is 10.6. The minimum Gasteiger partial charge on any atom is -0.376 e. The average Bonchev–Trinajstić information content (AvgIpc) is 3.56. The molecule has 3 aliphatic heterocycles. The molecule has 5 rings (SSSR count). The first kappa shape index (κ1) is 25.4. The second-order valence-electron chi connectivity index (χ2n) is 9.94. The van der Waals surface area contributed by atoms with E-state index in [9.17, 15) is 18.8 Å². The van der Waals surface area contributed by atoms with E-state index in [1.165, 1.54) is 24.3 Å². The quantitative estimate of drug-likeness (QED) is 0.670. The molecule has 3 saturated heterocycles. The van der Waals surface area contributed by atoms with Crippen molar-refractivity contribution in [2.45, 2.75) is 50.5 Å². The minimum absolute atomic E-state index is 0.0125. The zero-order valence-electron chi connectivity index (χ0n) is 21.0. The number of likely N-dealkylation sites (tertiary alicyclic amines) is 1. The van der Waals surface area contributed by atoms with Crippen LogP contribution in [0.15, 0.2) is 48.5 Å². The lowest BCUT2D eigenvalue weighted by atomic mass is 9.95. The van der Waals surface area contributed by atoms with Crippen molar-refractivity contribution in [3.63, 3.8) is 0 Å². The van der Waals surface area contributed by atoms with Gasteiger partial charge in [0.25, 0.3) is 11.8 Å². The maximum absolute atomic E-state index is 13.9. The van der Waals surface area contributed by atoms with Crippen molar-refractivity contribution in [3.05, 3.63) is 71.0 Å². The van der Waals surface area contributed by atoms with Gasteiger partial charge in [-0.2, -0.15) is 0 Å². The lowest BCUT2D eigenvalue weighted by molar-refractivity contribution is -0.128. The molecular formula is C28H32FN3O5. The normalized spacial score (nSPS) is 22.9. The van der Waals surface area contributed by atoms with Crippen LogP contribution in [-0.2, 0) is 14.3 Å². The monoisotopic (exact) mass is 509 g/mol. The maximum atomic E-state index is 13.9. The zero-order valence-corrected chi connectivity index (χ0v) is 21.0. The second-order valence-corrected chi connectivity index (χ2v) is 9.94. The number of amides is 3. The van der Waals surface area contributed by atoms with Crippen LogP contribution in [0, 0.1) is 12.7 Å². The molecule has 3 amide bonds. The molecule has 8 nitrogen and oxygen atoms in total. The molecule has 37 heavy (non-hydrogen) atoms. The van der Waals surface area contributed by atoms with Crippen LogP contribution in [0.2, 0.25) is 0 Å². The van der Waals surface area contributed by atoms with Gasteiger partial charge >= 0.3 is 0 Å². The molecule has 0 bridgehead atoms. The topological polar surface area (TPSA) is 88.2 Å². The summed E-state index contributed by atoms with van der Waals surface area (Å²) in [5.41, 5.74) is 0.750. The van der Waals surface area contributed by atoms with Crippen LogP contribution in [0.3, 0.4) is 0 Å². The third kappa shape index (κ3) is 5.10. The van der Waals surface area contributed by atoms with Crippen molar-refractivity contribution in [3.8, 4) is 0 Å². The molecule has 3 fully saturated rings. The molecule has 0 aromatic heterocycles. The van der Waals surface area contributed by atoms with Gasteiger partial charge in [0.2, 0.25) is 5.91 Å². The fraction of sp³-hybridized carbons (Fsp3) is 0.464. The SMILES string of the molecule is Cc1ccccc1C(=O)N1[C@H](C(=O)NC[C@@H]2CCCO2)COC12CCN(C(=O)c1ccc(F)cc1)CC2. The molecule has 0 radical (unpaired) electrons. The Morgan fingerprint density at radius 1 is 1.05 bits per heavy atom. The van der Waals surface area contributed by atoms with Gasteiger partial charge in [-0.1, -0.05) is 18.2 Å². The summed E-state index contributed by atoms with van der Waals surface area (Å²) in [5, 5.41) is 2.96. The van der Waals surface area contributed by atoms with E-state index in [2.05, 4.69) is 5.32 Å². The Kier molecular flexibility index (Phi) is 7.26. The number of benzene rings is 2. The molecule has 3 heterocycles. The number of rotatable bonds is 5. The molecular weight excluding hydrogens is 477 g/mol. The van der Waals surface area contributed by atoms with Crippen molar-refractivity contribution < 1.29 is 28.2 Å². The Morgan fingerprint density at radius 2 is 1.78 bits per heavy atom. The molecule has 2 aromatic carbocycles. The minimum atomic E-state index is -0.995. The van der Waals surface area contributed by atoms with Gasteiger partial charge in [-0.15, -0.1) is 0 Å². The maximum Gasteiger partial charge on any atom is 0.257 e. The Balaban J connectivity index is 1.35. The van der Waals surface area contributed by atoms with Crippen LogP contribution in [0.1, 0.15) is 52.0 Å². The smallest absolute Gasteiger partial charge is 0.257 e. The molecule has 1 spiro atoms. The van der Waals surface area contributed by atoms with Crippen LogP contribution >= 0.6 is 0 Å². The number of ether oxygens (including phenoxy) is 2. The van der Waals surface area contributed by atoms with E-state index in [1.807, 2.05) is 19.1 Å². The molecule has 2 atom stereocenters. The fourth-order valence-electron chi connectivity index (χ4n) is 5.48. The number of aryl methyl sites for hydroxylation is 1. The number of hydrogen-bond donors (Lipinski definition) is 1. The van der Waals surface area contributed by atoms with Crippen molar-refractivity contribution in [2.24, 2.45) is 0 Å². The Hall–Kier alpha value is -3.30. The molecule has 1 N–H and O–H groups in total. The molecule has 196 valence electrons. The standard InChI is InChI=1S/C28H32FN3O5/c1-19-5-2-3-7-23(19)27(35)32-24(25(33)30-17-22-6-4-16-36-22)18-37-28(32)12-14-31(15-13-28)26(34)20-8-10-21(29)11-9-20/h2-3,5,7-11,22,24H,4,6,12-18H2,1H3,(H,30,33)/t22-,24-/m0/s1. The Morgan fingerprint density at radius 3 is 2.46 bits per heavy atom. The van der Waals surface area contributed by atoms with Crippen LogP contribution in [0.25, 0.3) is 0 Å². The first-order valence-electron chi connectivity index (χ1n) is 12.9. The first-order valence-corrected chi connectivity index (χ1v) is 12.9. The fourth-order valence-corrected chi connectivity index (χ4v) is 5.48. The molecule has 0 aliphatic carbocycles. The first-order chi connectivity index (χ1) is 17.9. The van der Waals surface area contributed by atoms with Gasteiger partial charge in [0.1, 0.15) is 17.6 Å². The van der Waals surface area contributed by atoms with Gasteiger partial charge in [-0.25, -0.2) is 4.39 Å². The lowest BCUT2D eigenvalue weighted by Gasteiger charge is -2.44. The number of carbonyl (C=O) groups excluding carboxylic acids is 3. The van der Waals surface area contributed by atoms with Gasteiger partial charge in [0, 0.05) is 50.2 Å². The number of carbonyl (C=O) groups is 3. The summed E-state index contributed by atoms with van der Waals surface area (Å²) in [6, 6.07) is 12.0. The highest BCUT2D eigenvalue weighted by molar-refractivity contribution is 5.99. The van der Waals surface area contributed by atoms with Gasteiger partial charge in [-0.05, 0) is 55.7 Å². The Bertz CT molecular complexity index is 1160. The average molecular weight is 510 g/mol. The summed E-state index contributed by atoms with van der Waals surface area (Å²) in [4.78, 5) is 43.5. The molecule has 0 unspecified atom stereocenters. The van der Waals surface area contributed by atoms with Crippen molar-refractivity contribution in [1.82, 2.24) is 15.1 Å². The van der Waals surface area contributed by atoms with Crippen molar-refractivity contribution in [1.29, 1.82) is 0 Å². The number of nitrogens with one attached hydrogen (secondary N) is 1. The predicted molar refractivity (Wildman–Crippen MR) is 133 cm³/mol. The molecule has 3 aliphatic rings. The highest BCUT2D eigenvalue weighted by atomic mass is 19.1. The van der Waals surface area contributed by atoms with E-state index in [0.717, 1.165) is 18.4 Å². The largest absolute Gasteiger partial charge is 0.376 e. The van der Waals surface area contributed by atoms with Gasteiger partial charge < -0.3 is 19.7 Å². The van der Waals surface area contributed by atoms with E-state index < -0.39 is 17.6 Å². The van der Waals surface area contributed by atoms with E-state index in [4.69, 9.17) is 9.47 Å². The summed E-state index contributed by atoms with van der Waals surface area (Å²) in [6.07, 6.45) is 2.60. The highest BCUT2D eigenvalue weighted by Gasteiger charge is 2.54. The molecule has 0 saturated carbocycles. The Labute approximate surface area is 215 Å². The molecule has 9 heteroatoms. The van der Waals surface area contributed by atoms with Gasteiger partial charge in [0.05, 0.1) is 12.7 Å². The summed E-state index contributed by atoms with van der Waals surface area (Å²) in [6.45, 7) is 3.74. The lowest BCUT2D eigenvalue weighted by Crippen LogP contribution is -2.60. The summed E-state index contributed by atoms with van der Waals surface area (Å²) < 4.78 is 25.2. The van der Waals surface area contributed by atoms with Crippen LogP contribution in [0.5, 0.6) is 0 Å². The van der Waals surface area contributed by atoms with Crippen molar-refractivity contribution >= 4 is 17.7 Å². The number of piperidine rings is 1. The highest BCUT2D eigenvalue weighted by Crippen LogP contribution is 2.39. The van der Waals surface area contributed by atoms with Crippen LogP contribution in [0.4, 0.5) is 4.39 Å². The number of hydrogen-bond acceptors (Lipinski definition) is 5. The third-order valence-electron chi connectivity index (χ3n) is 7.61. The molecule has 2 aromatic rings. The van der Waals surface area contributed by atoms with Crippen molar-refractivity contribution in [2.75, 3.05) is 32.8 Å². The van der Waals surface area contributed by atoms with E-state index in [1.54, 1.807) is 21.9 Å². The van der Waals surface area contributed by atoms with Gasteiger partial charge in [0.15, 0.2) is 0 Å². The summed E-state index contributed by atoms with van der Waals surface area (Å²) in [7, 11) is 0. The van der Waals surface area contributed by atoms with Crippen LogP contribution < -0.4 is 5.32 Å². The van der Waals surface area contributed by atoms with Crippen LogP contribution in [-0.4, -0.2) is 78.2 Å². The van der Waals surface area contributed by atoms with E-state index in [0.29, 0.717) is 50.2 Å². The van der Waals surface area contributed by atoms with E-state index in [-0.39, 0.29) is 30.4 Å². The summed E-state index contributed by atoms with van der Waals surface area (Å²) >= 11 is 0. The summed E-state index contributed by atoms with van der Waals surface area (Å²) in [5.74, 6) is -1.12. The number of halogens is 1. The predicted octanol–water partition coefficient (Wildman–Crippen LogP) is 2.90. The van der Waals surface area contributed by atoms with E-state index >= 15 is 0 Å². The zero-order chi connectivity index (χ0) is 26.0. The number of nitrogens with zero attached hydrogens (tertiary/aromatic N) is 2. The third-order valence-corrected chi connectivity index (χ3v) is 7.61. The van der Waals surface area contributed by atoms with Gasteiger partial charge in [-0.3, -0.25) is 19.3 Å².